The minimum atomic E-state index is -2.53. The molecule has 0 aromatic heterocycles. The first-order valence-electron chi connectivity index (χ1n) is 4.05. The molecule has 0 aliphatic heterocycles. The number of hydrogen-bond acceptors (Lipinski definition) is 3. The SMILES string of the molecule is COc1cc(N)c(P(C)(C)=O)cc1F. The molecule has 0 heterocycles. The Labute approximate surface area is 82.4 Å². The summed E-state index contributed by atoms with van der Waals surface area (Å²) in [4.78, 5) is 0. The summed E-state index contributed by atoms with van der Waals surface area (Å²) in [5, 5.41) is 0.357. The molecule has 1 aromatic rings. The Morgan fingerprint density at radius 1 is 1.43 bits per heavy atom. The predicted molar refractivity (Wildman–Crippen MR) is 56.5 cm³/mol. The number of nitrogens with two attached hydrogens (primary N) is 1. The summed E-state index contributed by atoms with van der Waals surface area (Å²) >= 11 is 0. The molecule has 0 aliphatic carbocycles. The Morgan fingerprint density at radius 3 is 2.43 bits per heavy atom. The van der Waals surface area contributed by atoms with Gasteiger partial charge in [0, 0.05) is 17.1 Å². The van der Waals surface area contributed by atoms with Crippen molar-refractivity contribution in [2.24, 2.45) is 0 Å². The highest BCUT2D eigenvalue weighted by Crippen LogP contribution is 2.38. The van der Waals surface area contributed by atoms with Gasteiger partial charge in [0.25, 0.3) is 0 Å². The number of rotatable bonds is 2. The van der Waals surface area contributed by atoms with E-state index < -0.39 is 13.0 Å². The second-order valence-corrected chi connectivity index (χ2v) is 6.58. The van der Waals surface area contributed by atoms with Crippen molar-refractivity contribution in [3.63, 3.8) is 0 Å². The molecular weight excluding hydrogens is 204 g/mol. The molecule has 0 spiro atoms. The first-order valence-corrected chi connectivity index (χ1v) is 6.65. The monoisotopic (exact) mass is 217 g/mol. The minimum absolute atomic E-state index is 0.0692. The average Bonchev–Trinajstić information content (AvgIpc) is 2.06. The number of nitrogen functional groups attached to an aromatic ring is 1. The van der Waals surface area contributed by atoms with E-state index in [0.29, 0.717) is 11.0 Å². The molecule has 0 radical (unpaired) electrons. The van der Waals surface area contributed by atoms with Crippen LogP contribution in [0.15, 0.2) is 12.1 Å². The largest absolute Gasteiger partial charge is 0.494 e. The van der Waals surface area contributed by atoms with Gasteiger partial charge in [0.05, 0.1) is 7.11 Å². The topological polar surface area (TPSA) is 52.3 Å². The maximum absolute atomic E-state index is 13.3. The normalized spacial score (nSPS) is 11.4. The van der Waals surface area contributed by atoms with Gasteiger partial charge in [-0.1, -0.05) is 0 Å². The quantitative estimate of drug-likeness (QED) is 0.605. The third kappa shape index (κ3) is 2.07. The molecular formula is C9H13FNO2P. The molecule has 14 heavy (non-hydrogen) atoms. The van der Waals surface area contributed by atoms with Crippen LogP contribution in [-0.4, -0.2) is 20.4 Å². The molecule has 3 nitrogen and oxygen atoms in total. The highest BCUT2D eigenvalue weighted by Gasteiger charge is 2.18. The summed E-state index contributed by atoms with van der Waals surface area (Å²) < 4.78 is 29.7. The third-order valence-electron chi connectivity index (χ3n) is 1.88. The Hall–Kier alpha value is -1.02. The van der Waals surface area contributed by atoms with Crippen molar-refractivity contribution in [2.75, 3.05) is 26.2 Å². The van der Waals surface area contributed by atoms with E-state index in [2.05, 4.69) is 0 Å². The van der Waals surface area contributed by atoms with Gasteiger partial charge >= 0.3 is 0 Å². The van der Waals surface area contributed by atoms with E-state index in [-0.39, 0.29) is 5.75 Å². The second kappa shape index (κ2) is 3.62. The fraction of sp³-hybridized carbons (Fsp3) is 0.333. The molecule has 5 heteroatoms. The Balaban J connectivity index is 3.37. The highest BCUT2D eigenvalue weighted by molar-refractivity contribution is 7.70. The molecule has 0 fully saturated rings. The van der Waals surface area contributed by atoms with Gasteiger partial charge in [0.1, 0.15) is 7.14 Å². The van der Waals surface area contributed by atoms with Crippen LogP contribution in [-0.2, 0) is 4.57 Å². The summed E-state index contributed by atoms with van der Waals surface area (Å²) in [6.45, 7) is 3.09. The van der Waals surface area contributed by atoms with Crippen LogP contribution in [0.2, 0.25) is 0 Å². The lowest BCUT2D eigenvalue weighted by Crippen LogP contribution is -2.11. The summed E-state index contributed by atoms with van der Waals surface area (Å²) in [5.41, 5.74) is 5.94. The van der Waals surface area contributed by atoms with E-state index in [1.165, 1.54) is 19.2 Å². The van der Waals surface area contributed by atoms with E-state index in [0.717, 1.165) is 0 Å². The van der Waals surface area contributed by atoms with Crippen molar-refractivity contribution in [1.82, 2.24) is 0 Å². The van der Waals surface area contributed by atoms with Gasteiger partial charge < -0.3 is 15.0 Å². The van der Waals surface area contributed by atoms with Crippen LogP contribution in [0, 0.1) is 5.82 Å². The maximum atomic E-state index is 13.3. The fourth-order valence-corrected chi connectivity index (χ4v) is 2.29. The molecule has 0 amide bonds. The summed E-state index contributed by atoms with van der Waals surface area (Å²) in [7, 11) is -1.18. The number of halogens is 1. The fourth-order valence-electron chi connectivity index (χ4n) is 1.18. The van der Waals surface area contributed by atoms with Crippen molar-refractivity contribution in [2.45, 2.75) is 0 Å². The van der Waals surface area contributed by atoms with Gasteiger partial charge in [-0.05, 0) is 19.4 Å². The van der Waals surface area contributed by atoms with E-state index in [9.17, 15) is 8.96 Å². The van der Waals surface area contributed by atoms with E-state index in [1.807, 2.05) is 0 Å². The first kappa shape index (κ1) is 11.1. The van der Waals surface area contributed by atoms with Crippen molar-refractivity contribution >= 4 is 18.1 Å². The lowest BCUT2D eigenvalue weighted by Gasteiger charge is -2.12. The van der Waals surface area contributed by atoms with Gasteiger partial charge in [0.15, 0.2) is 11.6 Å². The Morgan fingerprint density at radius 2 is 2.00 bits per heavy atom. The zero-order chi connectivity index (χ0) is 10.9. The zero-order valence-electron chi connectivity index (χ0n) is 8.37. The molecule has 0 saturated carbocycles. The number of methoxy groups -OCH3 is 1. The van der Waals surface area contributed by atoms with Crippen LogP contribution >= 0.6 is 7.14 Å². The van der Waals surface area contributed by atoms with Crippen molar-refractivity contribution in [1.29, 1.82) is 0 Å². The van der Waals surface area contributed by atoms with Gasteiger partial charge in [-0.2, -0.15) is 0 Å². The molecule has 0 bridgehead atoms. The highest BCUT2D eigenvalue weighted by atomic mass is 31.2. The molecule has 0 aliphatic rings. The average molecular weight is 217 g/mol. The van der Waals surface area contributed by atoms with Gasteiger partial charge in [0.2, 0.25) is 0 Å². The molecule has 1 rings (SSSR count). The van der Waals surface area contributed by atoms with Crippen LogP contribution in [0.1, 0.15) is 0 Å². The van der Waals surface area contributed by atoms with Crippen LogP contribution in [0.3, 0.4) is 0 Å². The maximum Gasteiger partial charge on any atom is 0.165 e. The van der Waals surface area contributed by atoms with Crippen molar-refractivity contribution < 1.29 is 13.7 Å². The molecule has 0 unspecified atom stereocenters. The minimum Gasteiger partial charge on any atom is -0.494 e. The second-order valence-electron chi connectivity index (χ2n) is 3.40. The Bertz CT molecular complexity index is 400. The molecule has 78 valence electrons. The lowest BCUT2D eigenvalue weighted by molar-refractivity contribution is 0.387. The number of anilines is 1. The predicted octanol–water partition coefficient (Wildman–Crippen LogP) is 1.66. The van der Waals surface area contributed by atoms with E-state index in [1.54, 1.807) is 13.3 Å². The van der Waals surface area contributed by atoms with Crippen LogP contribution in [0.25, 0.3) is 0 Å². The third-order valence-corrected chi connectivity index (χ3v) is 3.43. The van der Waals surface area contributed by atoms with E-state index >= 15 is 0 Å². The molecule has 1 aromatic carbocycles. The van der Waals surface area contributed by atoms with Crippen LogP contribution in [0.4, 0.5) is 10.1 Å². The van der Waals surface area contributed by atoms with Gasteiger partial charge in [-0.15, -0.1) is 0 Å². The van der Waals surface area contributed by atoms with Crippen molar-refractivity contribution in [3.05, 3.63) is 17.9 Å². The standard InChI is InChI=1S/C9H13FNO2P/c1-13-8-5-7(11)9(4-6(8)10)14(2,3)12/h4-5H,11H2,1-3H3. The smallest absolute Gasteiger partial charge is 0.165 e. The van der Waals surface area contributed by atoms with Gasteiger partial charge in [-0.3, -0.25) is 0 Å². The first-order chi connectivity index (χ1) is 6.36. The van der Waals surface area contributed by atoms with Crippen LogP contribution < -0.4 is 15.8 Å². The molecule has 2 N–H and O–H groups in total. The number of hydrogen-bond donors (Lipinski definition) is 1. The number of ether oxygens (including phenoxy) is 1. The molecule has 0 saturated heterocycles. The summed E-state index contributed by atoms with van der Waals surface area (Å²) in [6.07, 6.45) is 0. The summed E-state index contributed by atoms with van der Waals surface area (Å²) in [6, 6.07) is 2.53. The Kier molecular flexibility index (Phi) is 2.86. The van der Waals surface area contributed by atoms with Crippen molar-refractivity contribution in [3.8, 4) is 5.75 Å². The molecule has 0 atom stereocenters. The zero-order valence-corrected chi connectivity index (χ0v) is 9.27. The van der Waals surface area contributed by atoms with E-state index in [4.69, 9.17) is 10.5 Å². The lowest BCUT2D eigenvalue weighted by atomic mass is 10.3. The van der Waals surface area contributed by atoms with Crippen LogP contribution in [0.5, 0.6) is 5.75 Å². The number of benzene rings is 1. The summed E-state index contributed by atoms with van der Waals surface area (Å²) in [5.74, 6) is -0.472. The van der Waals surface area contributed by atoms with Gasteiger partial charge in [-0.25, -0.2) is 4.39 Å².